The fourth-order valence-electron chi connectivity index (χ4n) is 1.98. The molecule has 0 aliphatic carbocycles. The van der Waals surface area contributed by atoms with E-state index in [1.807, 2.05) is 24.3 Å². The molecule has 0 spiro atoms. The molecule has 0 atom stereocenters. The zero-order valence-corrected chi connectivity index (χ0v) is 14.1. The Morgan fingerprint density at radius 3 is 2.83 bits per heavy atom. The molecule has 1 aromatic heterocycles. The summed E-state index contributed by atoms with van der Waals surface area (Å²) in [4.78, 5) is 24.5. The van der Waals surface area contributed by atoms with E-state index >= 15 is 0 Å². The molecule has 2 aromatic rings. The van der Waals surface area contributed by atoms with Gasteiger partial charge in [-0.05, 0) is 24.3 Å². The van der Waals surface area contributed by atoms with Crippen LogP contribution >= 0.6 is 15.9 Å². The number of carboxylic acids is 1. The number of hydrogen-bond donors (Lipinski definition) is 1. The lowest BCUT2D eigenvalue weighted by Gasteiger charge is -2.18. The van der Waals surface area contributed by atoms with E-state index in [1.165, 1.54) is 12.0 Å². The van der Waals surface area contributed by atoms with Gasteiger partial charge in [-0.15, -0.1) is 0 Å². The lowest BCUT2D eigenvalue weighted by Crippen LogP contribution is -2.38. The summed E-state index contributed by atoms with van der Waals surface area (Å²) in [7, 11) is 1.49. The van der Waals surface area contributed by atoms with Gasteiger partial charge in [-0.3, -0.25) is 9.59 Å². The van der Waals surface area contributed by atoms with Gasteiger partial charge in [0.25, 0.3) is 5.91 Å². The average Bonchev–Trinajstić information content (AvgIpc) is 3.00. The highest BCUT2D eigenvalue weighted by Crippen LogP contribution is 2.15. The Labute approximate surface area is 141 Å². The van der Waals surface area contributed by atoms with Gasteiger partial charge in [0.2, 0.25) is 0 Å². The summed E-state index contributed by atoms with van der Waals surface area (Å²) in [5.74, 6) is -1.53. The Morgan fingerprint density at radius 2 is 2.17 bits per heavy atom. The van der Waals surface area contributed by atoms with Crippen molar-refractivity contribution in [2.24, 2.45) is 0 Å². The molecule has 0 aliphatic rings. The molecule has 0 radical (unpaired) electrons. The number of carboxylic acid groups (broad SMARTS) is 1. The first kappa shape index (κ1) is 17.2. The molecule has 8 heteroatoms. The van der Waals surface area contributed by atoms with Crippen molar-refractivity contribution in [3.05, 3.63) is 46.7 Å². The minimum atomic E-state index is -1.08. The molecule has 1 amide bonds. The maximum atomic E-state index is 12.4. The summed E-state index contributed by atoms with van der Waals surface area (Å²) in [6, 6.07) is 9.02. The first-order valence-electron chi connectivity index (χ1n) is 6.83. The number of methoxy groups -OCH3 is 1. The Morgan fingerprint density at radius 1 is 1.39 bits per heavy atom. The van der Waals surface area contributed by atoms with Gasteiger partial charge >= 0.3 is 5.97 Å². The van der Waals surface area contributed by atoms with E-state index in [2.05, 4.69) is 21.0 Å². The normalized spacial score (nSPS) is 10.5. The number of halogens is 1. The van der Waals surface area contributed by atoms with Crippen molar-refractivity contribution in [1.82, 2.24) is 14.7 Å². The smallest absolute Gasteiger partial charge is 0.323 e. The molecule has 122 valence electrons. The molecule has 1 aromatic carbocycles. The Balaban J connectivity index is 2.19. The lowest BCUT2D eigenvalue weighted by molar-refractivity contribution is -0.137. The minimum absolute atomic E-state index is 0.183. The molecule has 7 nitrogen and oxygen atoms in total. The first-order valence-corrected chi connectivity index (χ1v) is 7.62. The summed E-state index contributed by atoms with van der Waals surface area (Å²) < 4.78 is 7.37. The minimum Gasteiger partial charge on any atom is -0.480 e. The molecule has 0 saturated heterocycles. The van der Waals surface area contributed by atoms with Gasteiger partial charge in [0.15, 0.2) is 5.69 Å². The number of aromatic nitrogens is 2. The Kier molecular flexibility index (Phi) is 5.89. The fourth-order valence-corrected chi connectivity index (χ4v) is 2.37. The zero-order valence-electron chi connectivity index (χ0n) is 12.5. The summed E-state index contributed by atoms with van der Waals surface area (Å²) in [6.45, 7) is 0.0443. The summed E-state index contributed by atoms with van der Waals surface area (Å²) in [5.41, 5.74) is 0.974. The lowest BCUT2D eigenvalue weighted by atomic mass is 10.3. The predicted molar refractivity (Wildman–Crippen MR) is 86.7 cm³/mol. The third-order valence-corrected chi connectivity index (χ3v) is 3.55. The van der Waals surface area contributed by atoms with E-state index in [1.54, 1.807) is 16.9 Å². The third-order valence-electron chi connectivity index (χ3n) is 3.06. The second kappa shape index (κ2) is 7.89. The monoisotopic (exact) mass is 381 g/mol. The predicted octanol–water partition coefficient (Wildman–Crippen LogP) is 1.81. The third kappa shape index (κ3) is 4.64. The average molecular weight is 382 g/mol. The molecule has 1 N–H and O–H groups in total. The van der Waals surface area contributed by atoms with Crippen molar-refractivity contribution in [2.45, 2.75) is 0 Å². The topological polar surface area (TPSA) is 84.7 Å². The molecule has 0 saturated carbocycles. The van der Waals surface area contributed by atoms with Crippen molar-refractivity contribution in [3.63, 3.8) is 0 Å². The molecule has 2 rings (SSSR count). The van der Waals surface area contributed by atoms with E-state index in [0.29, 0.717) is 0 Å². The van der Waals surface area contributed by atoms with Crippen LogP contribution in [0.1, 0.15) is 10.5 Å². The summed E-state index contributed by atoms with van der Waals surface area (Å²) in [5, 5.41) is 13.2. The van der Waals surface area contributed by atoms with Crippen molar-refractivity contribution in [1.29, 1.82) is 0 Å². The highest BCUT2D eigenvalue weighted by Gasteiger charge is 2.20. The van der Waals surface area contributed by atoms with E-state index in [4.69, 9.17) is 9.84 Å². The van der Waals surface area contributed by atoms with E-state index in [0.717, 1.165) is 10.2 Å². The standard InChI is InChI=1S/C15H16BrN3O4/c1-23-8-7-18(10-14(20)21)15(22)13-5-6-19(17-13)12-4-2-3-11(16)9-12/h2-6,9H,7-8,10H2,1H3,(H,20,21). The quantitative estimate of drug-likeness (QED) is 0.790. The largest absolute Gasteiger partial charge is 0.480 e. The van der Waals surface area contributed by atoms with Crippen LogP contribution in [0.25, 0.3) is 5.69 Å². The summed E-state index contributed by atoms with van der Waals surface area (Å²) in [6.07, 6.45) is 1.66. The van der Waals surface area contributed by atoms with Gasteiger partial charge in [0, 0.05) is 24.3 Å². The van der Waals surface area contributed by atoms with Crippen LogP contribution in [0.15, 0.2) is 41.0 Å². The van der Waals surface area contributed by atoms with Gasteiger partial charge in [0.1, 0.15) is 6.54 Å². The van der Waals surface area contributed by atoms with E-state index < -0.39 is 18.4 Å². The number of benzene rings is 1. The van der Waals surface area contributed by atoms with Gasteiger partial charge in [0.05, 0.1) is 12.3 Å². The molecule has 0 fully saturated rings. The Hall–Kier alpha value is -2.19. The molecule has 0 aliphatic heterocycles. The number of hydrogen-bond acceptors (Lipinski definition) is 4. The van der Waals surface area contributed by atoms with Crippen molar-refractivity contribution >= 4 is 27.8 Å². The second-order valence-electron chi connectivity index (χ2n) is 4.74. The number of ether oxygens (including phenoxy) is 1. The first-order chi connectivity index (χ1) is 11.0. The molecule has 0 bridgehead atoms. The van der Waals surface area contributed by atoms with Crippen LogP contribution in [0, 0.1) is 0 Å². The van der Waals surface area contributed by atoms with Crippen molar-refractivity contribution in [2.75, 3.05) is 26.8 Å². The number of amides is 1. The maximum absolute atomic E-state index is 12.4. The van der Waals surface area contributed by atoms with Gasteiger partial charge in [-0.2, -0.15) is 5.10 Å². The number of carbonyl (C=O) groups excluding carboxylic acids is 1. The van der Waals surface area contributed by atoms with Crippen LogP contribution in [-0.4, -0.2) is 58.5 Å². The molecular formula is C15H16BrN3O4. The molecule has 23 heavy (non-hydrogen) atoms. The molecule has 1 heterocycles. The molecule has 0 unspecified atom stereocenters. The second-order valence-corrected chi connectivity index (χ2v) is 5.65. The van der Waals surface area contributed by atoms with Crippen LogP contribution in [0.2, 0.25) is 0 Å². The van der Waals surface area contributed by atoms with E-state index in [9.17, 15) is 9.59 Å². The van der Waals surface area contributed by atoms with Crippen LogP contribution in [0.5, 0.6) is 0 Å². The van der Waals surface area contributed by atoms with Crippen LogP contribution in [0.3, 0.4) is 0 Å². The van der Waals surface area contributed by atoms with Crippen LogP contribution < -0.4 is 0 Å². The van der Waals surface area contributed by atoms with Gasteiger partial charge in [-0.25, -0.2) is 4.68 Å². The zero-order chi connectivity index (χ0) is 16.8. The van der Waals surface area contributed by atoms with Crippen molar-refractivity contribution in [3.8, 4) is 5.69 Å². The Bertz CT molecular complexity index is 702. The summed E-state index contributed by atoms with van der Waals surface area (Å²) >= 11 is 3.38. The highest BCUT2D eigenvalue weighted by atomic mass is 79.9. The van der Waals surface area contributed by atoms with Crippen LogP contribution in [-0.2, 0) is 9.53 Å². The number of rotatable bonds is 7. The molecular weight excluding hydrogens is 366 g/mol. The van der Waals surface area contributed by atoms with Gasteiger partial charge < -0.3 is 14.7 Å². The van der Waals surface area contributed by atoms with Crippen LogP contribution in [0.4, 0.5) is 0 Å². The number of aliphatic carboxylic acids is 1. The highest BCUT2D eigenvalue weighted by molar-refractivity contribution is 9.10. The van der Waals surface area contributed by atoms with Crippen molar-refractivity contribution < 1.29 is 19.4 Å². The number of nitrogens with zero attached hydrogens (tertiary/aromatic N) is 3. The SMILES string of the molecule is COCCN(CC(=O)O)C(=O)c1ccn(-c2cccc(Br)c2)n1. The van der Waals surface area contributed by atoms with E-state index in [-0.39, 0.29) is 18.8 Å². The fraction of sp³-hybridized carbons (Fsp3) is 0.267. The number of carbonyl (C=O) groups is 2. The maximum Gasteiger partial charge on any atom is 0.323 e. The van der Waals surface area contributed by atoms with Gasteiger partial charge in [-0.1, -0.05) is 22.0 Å².